The summed E-state index contributed by atoms with van der Waals surface area (Å²) >= 11 is 0. The number of nitrogens with one attached hydrogen (secondary N) is 2. The fourth-order valence-corrected chi connectivity index (χ4v) is 4.31. The summed E-state index contributed by atoms with van der Waals surface area (Å²) in [5.41, 5.74) is 10.5. The molecule has 0 heterocycles. The summed E-state index contributed by atoms with van der Waals surface area (Å²) in [4.78, 5) is 67.3. The van der Waals surface area contributed by atoms with E-state index in [0.29, 0.717) is 0 Å². The Labute approximate surface area is 180 Å². The molecule has 4 amide bonds. The van der Waals surface area contributed by atoms with Gasteiger partial charge < -0.3 is 32.3 Å². The van der Waals surface area contributed by atoms with Crippen LogP contribution in [0.5, 0.6) is 0 Å². The van der Waals surface area contributed by atoms with Crippen molar-refractivity contribution in [1.29, 1.82) is 0 Å². The van der Waals surface area contributed by atoms with Crippen molar-refractivity contribution in [2.75, 3.05) is 11.5 Å². The fourth-order valence-electron chi connectivity index (χ4n) is 1.96. The van der Waals surface area contributed by atoms with Crippen LogP contribution in [0.4, 0.5) is 0 Å². The number of primary amides is 2. The first kappa shape index (κ1) is 27.5. The molecule has 0 rings (SSSR count). The zero-order chi connectivity index (χ0) is 23.1. The van der Waals surface area contributed by atoms with Crippen LogP contribution in [-0.4, -0.2) is 69.4 Å². The molecule has 0 saturated carbocycles. The van der Waals surface area contributed by atoms with Crippen molar-refractivity contribution in [2.45, 2.75) is 50.6 Å². The second-order valence-electron chi connectivity index (χ2n) is 6.11. The molecule has 8 N–H and O–H groups in total. The zero-order valence-corrected chi connectivity index (χ0v) is 17.8. The molecule has 30 heavy (non-hydrogen) atoms. The number of amides is 4. The van der Waals surface area contributed by atoms with Crippen LogP contribution in [0.15, 0.2) is 0 Å². The second kappa shape index (κ2) is 15.4. The van der Waals surface area contributed by atoms with Crippen molar-refractivity contribution < 1.29 is 39.0 Å². The maximum absolute atomic E-state index is 11.7. The van der Waals surface area contributed by atoms with E-state index >= 15 is 0 Å². The lowest BCUT2D eigenvalue weighted by Gasteiger charge is -2.17. The van der Waals surface area contributed by atoms with Crippen molar-refractivity contribution in [2.24, 2.45) is 11.5 Å². The lowest BCUT2D eigenvalue weighted by molar-refractivity contribution is -0.138. The van der Waals surface area contributed by atoms with E-state index in [9.17, 15) is 28.8 Å². The molecule has 0 saturated heterocycles. The molecule has 0 aromatic carbocycles. The minimum atomic E-state index is -1.03. The minimum Gasteiger partial charge on any atom is -0.481 e. The van der Waals surface area contributed by atoms with Crippen LogP contribution in [0.1, 0.15) is 38.5 Å². The van der Waals surface area contributed by atoms with Gasteiger partial charge in [0.2, 0.25) is 23.6 Å². The van der Waals surface area contributed by atoms with E-state index in [0.717, 1.165) is 21.6 Å². The predicted molar refractivity (Wildman–Crippen MR) is 110 cm³/mol. The molecule has 0 unspecified atom stereocenters. The number of hydrogen-bond donors (Lipinski definition) is 6. The first-order valence-electron chi connectivity index (χ1n) is 8.88. The van der Waals surface area contributed by atoms with Gasteiger partial charge in [-0.1, -0.05) is 21.6 Å². The molecule has 0 aliphatic rings. The number of aliphatic carboxylic acids is 2. The van der Waals surface area contributed by atoms with E-state index in [1.165, 1.54) is 0 Å². The summed E-state index contributed by atoms with van der Waals surface area (Å²) in [5.74, 6) is -4.44. The molecule has 12 nitrogen and oxygen atoms in total. The van der Waals surface area contributed by atoms with E-state index in [1.54, 1.807) is 0 Å². The highest BCUT2D eigenvalue weighted by molar-refractivity contribution is 8.76. The number of carboxylic acids is 2. The van der Waals surface area contributed by atoms with Gasteiger partial charge in [-0.3, -0.25) is 28.8 Å². The van der Waals surface area contributed by atoms with Crippen LogP contribution in [-0.2, 0) is 28.8 Å². The van der Waals surface area contributed by atoms with Crippen LogP contribution >= 0.6 is 21.6 Å². The smallest absolute Gasteiger partial charge is 0.303 e. The maximum atomic E-state index is 11.7. The lowest BCUT2D eigenvalue weighted by atomic mass is 10.2. The van der Waals surface area contributed by atoms with Crippen molar-refractivity contribution in [3.05, 3.63) is 0 Å². The third-order valence-electron chi connectivity index (χ3n) is 3.50. The number of carbonyl (C=O) groups is 6. The number of hydrogen-bond acceptors (Lipinski definition) is 8. The topological polar surface area (TPSA) is 219 Å². The molecule has 0 aliphatic carbocycles. The fraction of sp³-hybridized carbons (Fsp3) is 0.625. The van der Waals surface area contributed by atoms with Gasteiger partial charge >= 0.3 is 11.9 Å². The predicted octanol–water partition coefficient (Wildman–Crippen LogP) is -1.18. The molecular formula is C16H26N4O8S2. The van der Waals surface area contributed by atoms with E-state index in [1.807, 2.05) is 0 Å². The van der Waals surface area contributed by atoms with Crippen LogP contribution < -0.4 is 22.1 Å². The Morgan fingerprint density at radius 1 is 0.667 bits per heavy atom. The molecule has 0 aromatic heterocycles. The molecular weight excluding hydrogens is 440 g/mol. The van der Waals surface area contributed by atoms with Crippen LogP contribution in [0, 0.1) is 0 Å². The number of rotatable bonds is 17. The Morgan fingerprint density at radius 2 is 1.00 bits per heavy atom. The van der Waals surface area contributed by atoms with E-state index in [4.69, 9.17) is 21.7 Å². The van der Waals surface area contributed by atoms with E-state index in [2.05, 4.69) is 10.6 Å². The van der Waals surface area contributed by atoms with Crippen molar-refractivity contribution in [3.63, 3.8) is 0 Å². The first-order valence-corrected chi connectivity index (χ1v) is 11.4. The monoisotopic (exact) mass is 466 g/mol. The average molecular weight is 467 g/mol. The lowest BCUT2D eigenvalue weighted by Crippen LogP contribution is -2.46. The molecule has 2 atom stereocenters. The van der Waals surface area contributed by atoms with E-state index in [-0.39, 0.29) is 50.0 Å². The summed E-state index contributed by atoms with van der Waals surface area (Å²) in [6.45, 7) is 0. The van der Waals surface area contributed by atoms with Crippen molar-refractivity contribution in [1.82, 2.24) is 10.6 Å². The Morgan fingerprint density at radius 3 is 1.27 bits per heavy atom. The summed E-state index contributed by atoms with van der Waals surface area (Å²) in [6.07, 6.45) is -0.218. The highest BCUT2D eigenvalue weighted by Gasteiger charge is 2.21. The maximum Gasteiger partial charge on any atom is 0.303 e. The molecule has 0 fully saturated rings. The zero-order valence-electron chi connectivity index (χ0n) is 16.1. The second-order valence-corrected chi connectivity index (χ2v) is 8.66. The largest absolute Gasteiger partial charge is 0.481 e. The van der Waals surface area contributed by atoms with Gasteiger partial charge in [0.05, 0.1) is 0 Å². The molecule has 14 heteroatoms. The Bertz CT molecular complexity index is 593. The van der Waals surface area contributed by atoms with Crippen LogP contribution in [0.2, 0.25) is 0 Å². The quantitative estimate of drug-likeness (QED) is 0.111. The summed E-state index contributed by atoms with van der Waals surface area (Å²) in [7, 11) is 2.25. The van der Waals surface area contributed by atoms with Gasteiger partial charge in [-0.05, 0) is 12.8 Å². The molecule has 0 radical (unpaired) electrons. The third kappa shape index (κ3) is 14.5. The number of nitrogens with two attached hydrogens (primary N) is 2. The molecule has 0 aromatic rings. The SMILES string of the molecule is NC(=O)[C@H](CSSC[C@H](NC(=O)CCCC(=O)O)C(N)=O)NC(=O)CCCC(=O)O. The van der Waals surface area contributed by atoms with Gasteiger partial charge in [-0.25, -0.2) is 0 Å². The third-order valence-corrected chi connectivity index (χ3v) is 5.92. The first-order chi connectivity index (χ1) is 14.0. The van der Waals surface area contributed by atoms with E-state index < -0.39 is 47.7 Å². The Balaban J connectivity index is 4.34. The van der Waals surface area contributed by atoms with Gasteiger partial charge in [0, 0.05) is 37.2 Å². The Kier molecular flexibility index (Phi) is 14.1. The van der Waals surface area contributed by atoms with Gasteiger partial charge in [-0.2, -0.15) is 0 Å². The molecule has 170 valence electrons. The van der Waals surface area contributed by atoms with Crippen LogP contribution in [0.3, 0.4) is 0 Å². The standard InChI is InChI=1S/C16H26N4O8S2/c17-15(27)9(19-11(21)3-1-5-13(23)24)7-29-30-8-10(16(18)28)20-12(22)4-2-6-14(25)26/h9-10H,1-8H2,(H2,17,27)(H2,18,28)(H,19,21)(H,20,22)(H,23,24)(H,25,26)/t9-,10-/m0/s1. The molecule has 0 spiro atoms. The number of carbonyl (C=O) groups excluding carboxylic acids is 4. The Hall–Kier alpha value is -2.48. The van der Waals surface area contributed by atoms with Gasteiger partial charge in [0.25, 0.3) is 0 Å². The van der Waals surface area contributed by atoms with Crippen LogP contribution in [0.25, 0.3) is 0 Å². The van der Waals surface area contributed by atoms with Gasteiger partial charge in [0.1, 0.15) is 12.1 Å². The van der Waals surface area contributed by atoms with Gasteiger partial charge in [0.15, 0.2) is 0 Å². The van der Waals surface area contributed by atoms with Gasteiger partial charge in [-0.15, -0.1) is 0 Å². The minimum absolute atomic E-state index is 0.0639. The summed E-state index contributed by atoms with van der Waals surface area (Å²) in [6, 6.07) is -1.98. The summed E-state index contributed by atoms with van der Waals surface area (Å²) in [5, 5.41) is 21.9. The summed E-state index contributed by atoms with van der Waals surface area (Å²) < 4.78 is 0. The van der Waals surface area contributed by atoms with Crippen molar-refractivity contribution >= 4 is 57.2 Å². The number of carboxylic acid groups (broad SMARTS) is 2. The highest BCUT2D eigenvalue weighted by atomic mass is 33.1. The molecule has 0 bridgehead atoms. The molecule has 0 aliphatic heterocycles. The average Bonchev–Trinajstić information content (AvgIpc) is 2.62. The normalized spacial score (nSPS) is 12.4. The highest BCUT2D eigenvalue weighted by Crippen LogP contribution is 2.23. The van der Waals surface area contributed by atoms with Crippen molar-refractivity contribution in [3.8, 4) is 0 Å².